The van der Waals surface area contributed by atoms with E-state index in [-0.39, 0.29) is 43.4 Å². The molecular formula is C25H29ClIN7O4S. The lowest BCUT2D eigenvalue weighted by Gasteiger charge is -2.41. The van der Waals surface area contributed by atoms with Crippen molar-refractivity contribution in [3.05, 3.63) is 39.5 Å². The molecule has 0 aliphatic carbocycles. The molecule has 2 fully saturated rings. The quantitative estimate of drug-likeness (QED) is 0.215. The van der Waals surface area contributed by atoms with Crippen LogP contribution in [0, 0.1) is 5.41 Å². The minimum absolute atomic E-state index is 0.000351. The summed E-state index contributed by atoms with van der Waals surface area (Å²) in [6.07, 6.45) is 3.13. The molecule has 208 valence electrons. The number of carbonyl (C=O) groups excluding carboxylic acids is 1. The van der Waals surface area contributed by atoms with E-state index in [2.05, 4.69) is 37.5 Å². The average Bonchev–Trinajstić information content (AvgIpc) is 3.19. The van der Waals surface area contributed by atoms with E-state index in [1.54, 1.807) is 19.2 Å². The van der Waals surface area contributed by atoms with Crippen LogP contribution < -0.4 is 21.9 Å². The number of anilines is 2. The molecule has 0 bridgehead atoms. The van der Waals surface area contributed by atoms with E-state index in [1.807, 2.05) is 4.90 Å². The zero-order valence-corrected chi connectivity index (χ0v) is 25.3. The highest BCUT2D eigenvalue weighted by molar-refractivity contribution is 14.1. The Kier molecular flexibility index (Phi) is 8.36. The number of nitrogens with zero attached hydrogens (tertiary/aromatic N) is 5. The third kappa shape index (κ3) is 5.36. The maximum Gasteiger partial charge on any atom is 0.262 e. The van der Waals surface area contributed by atoms with Gasteiger partial charge >= 0.3 is 0 Å². The van der Waals surface area contributed by atoms with Crippen molar-refractivity contribution in [3.63, 3.8) is 0 Å². The van der Waals surface area contributed by atoms with E-state index in [4.69, 9.17) is 32.5 Å². The summed E-state index contributed by atoms with van der Waals surface area (Å²) in [5.74, 6) is 0.420. The summed E-state index contributed by atoms with van der Waals surface area (Å²) in [6, 6.07) is 3.44. The van der Waals surface area contributed by atoms with Crippen LogP contribution in [-0.2, 0) is 16.0 Å². The van der Waals surface area contributed by atoms with E-state index >= 15 is 0 Å². The second kappa shape index (κ2) is 11.4. The van der Waals surface area contributed by atoms with Gasteiger partial charge < -0.3 is 25.8 Å². The zero-order valence-electron chi connectivity index (χ0n) is 21.5. The number of nitrogens with two attached hydrogens (primary N) is 2. The minimum atomic E-state index is -0.271. The Morgan fingerprint density at radius 1 is 1.33 bits per heavy atom. The summed E-state index contributed by atoms with van der Waals surface area (Å²) < 4.78 is 12.4. The van der Waals surface area contributed by atoms with Gasteiger partial charge in [-0.1, -0.05) is 23.4 Å². The number of benzene rings is 1. The molecule has 2 aliphatic heterocycles. The number of rotatable bonds is 7. The molecule has 0 unspecified atom stereocenters. The number of Topliss-reactive ketones (excluding diaryl/α,β-unsaturated/α-hetero) is 1. The lowest BCUT2D eigenvalue weighted by Crippen LogP contribution is -2.50. The number of alkyl halides is 1. The molecule has 1 aromatic carbocycles. The Balaban J connectivity index is 1.44. The van der Waals surface area contributed by atoms with Crippen LogP contribution in [0.15, 0.2) is 33.2 Å². The molecule has 0 radical (unpaired) electrons. The molecule has 2 aromatic heterocycles. The summed E-state index contributed by atoms with van der Waals surface area (Å²) in [5.41, 5.74) is 13.2. The van der Waals surface area contributed by atoms with Gasteiger partial charge in [-0.15, -0.1) is 0 Å². The summed E-state index contributed by atoms with van der Waals surface area (Å²) in [5, 5.41) is 0.864. The van der Waals surface area contributed by atoms with Gasteiger partial charge in [-0.2, -0.15) is 0 Å². The highest BCUT2D eigenvalue weighted by Crippen LogP contribution is 2.44. The number of methoxy groups -OCH3 is 1. The molecule has 2 saturated heterocycles. The Morgan fingerprint density at radius 2 is 2.08 bits per heavy atom. The van der Waals surface area contributed by atoms with Crippen molar-refractivity contribution in [1.82, 2.24) is 19.5 Å². The molecule has 1 spiro atoms. The smallest absolute Gasteiger partial charge is 0.262 e. The van der Waals surface area contributed by atoms with Gasteiger partial charge in [0, 0.05) is 43.5 Å². The first-order chi connectivity index (χ1) is 18.6. The van der Waals surface area contributed by atoms with Crippen molar-refractivity contribution in [2.45, 2.75) is 46.4 Å². The number of fused-ring (bicyclic) bond motifs is 1. The molecule has 5 rings (SSSR count). The maximum absolute atomic E-state index is 13.1. The highest BCUT2D eigenvalue weighted by atomic mass is 127. The number of carbonyl (C=O) groups is 1. The second-order valence-corrected chi connectivity index (χ2v) is 12.4. The largest absolute Gasteiger partial charge is 0.383 e. The molecule has 2 aliphatic rings. The number of ketones is 1. The fourth-order valence-electron chi connectivity index (χ4n) is 5.04. The predicted octanol–water partition coefficient (Wildman–Crippen LogP) is 3.13. The van der Waals surface area contributed by atoms with Crippen LogP contribution in [0.25, 0.3) is 10.9 Å². The number of aromatic nitrogens is 4. The minimum Gasteiger partial charge on any atom is -0.383 e. The van der Waals surface area contributed by atoms with Crippen molar-refractivity contribution in [2.75, 3.05) is 44.0 Å². The van der Waals surface area contributed by atoms with Crippen LogP contribution in [0.4, 0.5) is 11.6 Å². The van der Waals surface area contributed by atoms with Gasteiger partial charge in [0.25, 0.3) is 5.56 Å². The van der Waals surface area contributed by atoms with Crippen LogP contribution in [0.5, 0.6) is 0 Å². The van der Waals surface area contributed by atoms with Gasteiger partial charge in [0.2, 0.25) is 0 Å². The predicted molar refractivity (Wildman–Crippen MR) is 159 cm³/mol. The van der Waals surface area contributed by atoms with E-state index in [0.29, 0.717) is 59.5 Å². The van der Waals surface area contributed by atoms with Crippen molar-refractivity contribution >= 4 is 74.3 Å². The Morgan fingerprint density at radius 3 is 2.72 bits per heavy atom. The first-order valence-corrected chi connectivity index (χ1v) is 14.9. The van der Waals surface area contributed by atoms with Crippen molar-refractivity contribution in [3.8, 4) is 0 Å². The standard InChI is InChI=1S/C25H29ClIN7O4S/c1-13(35)18-22(33-7-5-25(6-8-33)11-38-20(27)19(25)28)32-21(29)23(31-18)39-15-4-3-14-16(17(15)26)24(36)34(12-30-14)9-10-37-2/h3-4,12,19-20H,5-11,28H2,1-2H3,(H2,29,32)/t19-,20-/m1/s1. The molecule has 11 nitrogen and oxygen atoms in total. The van der Waals surface area contributed by atoms with Crippen molar-refractivity contribution < 1.29 is 14.3 Å². The lowest BCUT2D eigenvalue weighted by molar-refractivity contribution is 0.101. The maximum atomic E-state index is 13.1. The summed E-state index contributed by atoms with van der Waals surface area (Å²) in [4.78, 5) is 41.9. The molecule has 3 aromatic rings. The van der Waals surface area contributed by atoms with Crippen molar-refractivity contribution in [1.29, 1.82) is 0 Å². The van der Waals surface area contributed by atoms with Crippen LogP contribution in [-0.4, -0.2) is 68.9 Å². The van der Waals surface area contributed by atoms with Crippen LogP contribution in [0.1, 0.15) is 30.3 Å². The first-order valence-electron chi connectivity index (χ1n) is 12.4. The number of nitrogen functional groups attached to an aromatic ring is 1. The third-order valence-corrected chi connectivity index (χ3v) is 10.1. The van der Waals surface area contributed by atoms with Crippen LogP contribution in [0.3, 0.4) is 0 Å². The fraction of sp³-hybridized carbons (Fsp3) is 0.480. The molecule has 4 heterocycles. The normalized spacial score (nSPS) is 20.7. The Hall–Kier alpha value is -2.04. The lowest BCUT2D eigenvalue weighted by atomic mass is 9.75. The number of hydrogen-bond acceptors (Lipinski definition) is 11. The van der Waals surface area contributed by atoms with E-state index < -0.39 is 0 Å². The number of piperidine rings is 1. The zero-order chi connectivity index (χ0) is 27.9. The van der Waals surface area contributed by atoms with Gasteiger partial charge in [0.1, 0.15) is 14.8 Å². The average molecular weight is 686 g/mol. The number of halogens is 2. The first kappa shape index (κ1) is 28.5. The summed E-state index contributed by atoms with van der Waals surface area (Å²) in [7, 11) is 1.56. The Labute approximate surface area is 248 Å². The monoisotopic (exact) mass is 685 g/mol. The topological polar surface area (TPSA) is 151 Å². The van der Waals surface area contributed by atoms with Crippen LogP contribution in [0.2, 0.25) is 5.02 Å². The molecular weight excluding hydrogens is 657 g/mol. The van der Waals surface area contributed by atoms with Gasteiger partial charge in [-0.3, -0.25) is 14.2 Å². The third-order valence-electron chi connectivity index (χ3n) is 7.42. The molecule has 0 amide bonds. The second-order valence-electron chi connectivity index (χ2n) is 9.79. The van der Waals surface area contributed by atoms with E-state index in [9.17, 15) is 9.59 Å². The number of ether oxygens (including phenoxy) is 2. The van der Waals surface area contributed by atoms with Gasteiger partial charge in [0.05, 0.1) is 42.0 Å². The van der Waals surface area contributed by atoms with E-state index in [1.165, 1.54) is 17.8 Å². The van der Waals surface area contributed by atoms with Gasteiger partial charge in [0.15, 0.2) is 17.4 Å². The fourth-order valence-corrected chi connectivity index (χ4v) is 7.16. The van der Waals surface area contributed by atoms with Crippen LogP contribution >= 0.6 is 46.0 Å². The van der Waals surface area contributed by atoms with E-state index in [0.717, 1.165) is 24.6 Å². The molecule has 0 saturated carbocycles. The highest BCUT2D eigenvalue weighted by Gasteiger charge is 2.48. The molecule has 14 heteroatoms. The SMILES string of the molecule is COCCn1cnc2ccc(Sc3nc(C(C)=O)c(N4CCC5(CC4)CO[C@@H](I)[C@H]5N)nc3N)c(Cl)c2c1=O. The van der Waals surface area contributed by atoms with Gasteiger partial charge in [-0.05, 0) is 47.6 Å². The van der Waals surface area contributed by atoms with Crippen molar-refractivity contribution in [2.24, 2.45) is 11.1 Å². The summed E-state index contributed by atoms with van der Waals surface area (Å²) in [6.45, 7) is 4.15. The molecule has 2 atom stereocenters. The van der Waals surface area contributed by atoms with Gasteiger partial charge in [-0.25, -0.2) is 15.0 Å². The number of hydrogen-bond donors (Lipinski definition) is 2. The molecule has 39 heavy (non-hydrogen) atoms. The Bertz CT molecular complexity index is 1480. The molecule has 4 N–H and O–H groups in total. The summed E-state index contributed by atoms with van der Waals surface area (Å²) >= 11 is 10.1.